The van der Waals surface area contributed by atoms with Crippen LogP contribution in [0.4, 0.5) is 0 Å². The van der Waals surface area contributed by atoms with Crippen LogP contribution in [0.3, 0.4) is 0 Å². The maximum atomic E-state index is 12.8. The van der Waals surface area contributed by atoms with Gasteiger partial charge in [-0.2, -0.15) is 0 Å². The van der Waals surface area contributed by atoms with Crippen LogP contribution < -0.4 is 5.73 Å². The Hall–Kier alpha value is -1.59. The molecular weight excluding hydrogens is 326 g/mol. The molecule has 2 fully saturated rings. The fourth-order valence-electron chi connectivity index (χ4n) is 3.89. The van der Waals surface area contributed by atoms with Gasteiger partial charge in [-0.25, -0.2) is 0 Å². The van der Waals surface area contributed by atoms with E-state index in [4.69, 9.17) is 17.3 Å². The molecule has 0 saturated carbocycles. The lowest BCUT2D eigenvalue weighted by Crippen LogP contribution is -2.57. The molecule has 2 saturated heterocycles. The van der Waals surface area contributed by atoms with Gasteiger partial charge in [0.2, 0.25) is 5.91 Å². The lowest BCUT2D eigenvalue weighted by atomic mass is 9.83. The van der Waals surface area contributed by atoms with Crippen LogP contribution in [0.1, 0.15) is 36.0 Å². The number of carbonyl (C=O) groups excluding carboxylic acids is 2. The van der Waals surface area contributed by atoms with Crippen LogP contribution >= 0.6 is 11.6 Å². The van der Waals surface area contributed by atoms with Gasteiger partial charge in [0.05, 0.1) is 10.6 Å². The van der Waals surface area contributed by atoms with E-state index in [0.717, 1.165) is 25.8 Å². The largest absolute Gasteiger partial charge is 0.339 e. The zero-order valence-corrected chi connectivity index (χ0v) is 14.5. The van der Waals surface area contributed by atoms with Crippen LogP contribution in [0.2, 0.25) is 5.02 Å². The van der Waals surface area contributed by atoms with Gasteiger partial charge in [-0.3, -0.25) is 9.59 Å². The van der Waals surface area contributed by atoms with Crippen LogP contribution in [-0.4, -0.2) is 53.8 Å². The van der Waals surface area contributed by atoms with Crippen LogP contribution in [0, 0.1) is 5.92 Å². The third kappa shape index (κ3) is 3.42. The Morgan fingerprint density at radius 3 is 2.83 bits per heavy atom. The highest BCUT2D eigenvalue weighted by Gasteiger charge is 2.40. The first kappa shape index (κ1) is 17.2. The summed E-state index contributed by atoms with van der Waals surface area (Å²) >= 11 is 6.16. The van der Waals surface area contributed by atoms with Gasteiger partial charge in [-0.15, -0.1) is 0 Å². The van der Waals surface area contributed by atoms with Crippen molar-refractivity contribution in [3.63, 3.8) is 0 Å². The van der Waals surface area contributed by atoms with Crippen molar-refractivity contribution in [2.45, 2.75) is 31.7 Å². The first-order valence-corrected chi connectivity index (χ1v) is 9.03. The standard InChI is InChI=1S/C18H24ClN3O2/c19-15-5-2-1-4-14(15)18(24)21-11-8-16-13(12-21)6-7-17(23)22(16)10-3-9-20/h1-2,4-5,13,16H,3,6-12,20H2/t13-,16+/m0/s1. The lowest BCUT2D eigenvalue weighted by Gasteiger charge is -2.47. The molecule has 1 aromatic rings. The van der Waals surface area contributed by atoms with Crippen molar-refractivity contribution < 1.29 is 9.59 Å². The van der Waals surface area contributed by atoms with Crippen LogP contribution in [0.5, 0.6) is 0 Å². The molecule has 24 heavy (non-hydrogen) atoms. The number of benzene rings is 1. The number of hydrogen-bond donors (Lipinski definition) is 1. The number of nitrogens with zero attached hydrogens (tertiary/aromatic N) is 2. The Morgan fingerprint density at radius 1 is 1.29 bits per heavy atom. The van der Waals surface area contributed by atoms with Crippen molar-refractivity contribution in [1.29, 1.82) is 0 Å². The van der Waals surface area contributed by atoms with Gasteiger partial charge in [-0.05, 0) is 43.9 Å². The number of halogens is 1. The fourth-order valence-corrected chi connectivity index (χ4v) is 4.11. The Morgan fingerprint density at radius 2 is 2.08 bits per heavy atom. The zero-order valence-electron chi connectivity index (χ0n) is 13.8. The van der Waals surface area contributed by atoms with E-state index >= 15 is 0 Å². The van der Waals surface area contributed by atoms with Crippen molar-refractivity contribution in [2.75, 3.05) is 26.2 Å². The zero-order chi connectivity index (χ0) is 17.1. The molecule has 3 rings (SSSR count). The van der Waals surface area contributed by atoms with Gasteiger partial charge in [0.1, 0.15) is 0 Å². The highest BCUT2D eigenvalue weighted by molar-refractivity contribution is 6.33. The highest BCUT2D eigenvalue weighted by atomic mass is 35.5. The molecule has 2 amide bonds. The summed E-state index contributed by atoms with van der Waals surface area (Å²) < 4.78 is 0. The second kappa shape index (κ2) is 7.53. The predicted octanol–water partition coefficient (Wildman–Crippen LogP) is 2.14. The van der Waals surface area contributed by atoms with E-state index in [9.17, 15) is 9.59 Å². The summed E-state index contributed by atoms with van der Waals surface area (Å²) in [6.07, 6.45) is 3.09. The number of hydrogen-bond acceptors (Lipinski definition) is 3. The van der Waals surface area contributed by atoms with Crippen LogP contribution in [-0.2, 0) is 4.79 Å². The van der Waals surface area contributed by atoms with Crippen LogP contribution in [0.25, 0.3) is 0 Å². The average molecular weight is 350 g/mol. The fraction of sp³-hybridized carbons (Fsp3) is 0.556. The van der Waals surface area contributed by atoms with Crippen molar-refractivity contribution in [3.05, 3.63) is 34.9 Å². The second-order valence-electron chi connectivity index (χ2n) is 6.62. The topological polar surface area (TPSA) is 66.6 Å². The van der Waals surface area contributed by atoms with Crippen molar-refractivity contribution in [3.8, 4) is 0 Å². The number of carbonyl (C=O) groups is 2. The van der Waals surface area contributed by atoms with Gasteiger partial charge in [0, 0.05) is 32.1 Å². The molecule has 2 aliphatic rings. The Kier molecular flexibility index (Phi) is 5.41. The van der Waals surface area contributed by atoms with E-state index in [0.29, 0.717) is 42.6 Å². The molecule has 0 aromatic heterocycles. The number of piperidine rings is 2. The van der Waals surface area contributed by atoms with Crippen molar-refractivity contribution in [2.24, 2.45) is 11.7 Å². The smallest absolute Gasteiger partial charge is 0.255 e. The normalized spacial score (nSPS) is 24.0. The van der Waals surface area contributed by atoms with E-state index in [-0.39, 0.29) is 17.9 Å². The van der Waals surface area contributed by atoms with E-state index < -0.39 is 0 Å². The summed E-state index contributed by atoms with van der Waals surface area (Å²) in [7, 11) is 0. The van der Waals surface area contributed by atoms with Gasteiger partial charge < -0.3 is 15.5 Å². The van der Waals surface area contributed by atoms with E-state index in [2.05, 4.69) is 0 Å². The molecule has 0 aliphatic carbocycles. The number of nitrogens with two attached hydrogens (primary N) is 1. The number of amides is 2. The molecular formula is C18H24ClN3O2. The maximum absolute atomic E-state index is 12.8. The second-order valence-corrected chi connectivity index (χ2v) is 7.02. The third-order valence-electron chi connectivity index (χ3n) is 5.14. The quantitative estimate of drug-likeness (QED) is 0.905. The first-order valence-electron chi connectivity index (χ1n) is 8.65. The van der Waals surface area contributed by atoms with Gasteiger partial charge in [-0.1, -0.05) is 23.7 Å². The molecule has 0 radical (unpaired) electrons. The average Bonchev–Trinajstić information content (AvgIpc) is 2.60. The van der Waals surface area contributed by atoms with Gasteiger partial charge in [0.25, 0.3) is 5.91 Å². The Balaban J connectivity index is 1.70. The highest BCUT2D eigenvalue weighted by Crippen LogP contribution is 2.32. The van der Waals surface area contributed by atoms with Gasteiger partial charge in [0.15, 0.2) is 0 Å². The molecule has 2 N–H and O–H groups in total. The molecule has 1 aromatic carbocycles. The van der Waals surface area contributed by atoms with Crippen molar-refractivity contribution in [1.82, 2.24) is 9.80 Å². The molecule has 0 unspecified atom stereocenters. The maximum Gasteiger partial charge on any atom is 0.255 e. The van der Waals surface area contributed by atoms with Crippen LogP contribution in [0.15, 0.2) is 24.3 Å². The molecule has 6 heteroatoms. The molecule has 2 aliphatic heterocycles. The Bertz CT molecular complexity index is 622. The molecule has 5 nitrogen and oxygen atoms in total. The minimum atomic E-state index is -0.00976. The summed E-state index contributed by atoms with van der Waals surface area (Å²) in [6, 6.07) is 7.42. The monoisotopic (exact) mass is 349 g/mol. The van der Waals surface area contributed by atoms with Gasteiger partial charge >= 0.3 is 0 Å². The number of fused-ring (bicyclic) bond motifs is 1. The molecule has 0 spiro atoms. The van der Waals surface area contributed by atoms with Crippen molar-refractivity contribution >= 4 is 23.4 Å². The number of rotatable bonds is 4. The Labute approximate surface area is 147 Å². The summed E-state index contributed by atoms with van der Waals surface area (Å²) in [6.45, 7) is 2.69. The minimum Gasteiger partial charge on any atom is -0.339 e. The molecule has 0 bridgehead atoms. The molecule has 2 heterocycles. The molecule has 2 atom stereocenters. The molecule has 130 valence electrons. The third-order valence-corrected chi connectivity index (χ3v) is 5.47. The summed E-state index contributed by atoms with van der Waals surface area (Å²) in [5.41, 5.74) is 6.16. The minimum absolute atomic E-state index is 0.00976. The van der Waals surface area contributed by atoms with E-state index in [1.54, 1.807) is 12.1 Å². The lowest BCUT2D eigenvalue weighted by molar-refractivity contribution is -0.140. The van der Waals surface area contributed by atoms with E-state index in [1.807, 2.05) is 21.9 Å². The SMILES string of the molecule is NCCCN1C(=O)CC[C@H]2CN(C(=O)c3ccccc3Cl)CC[C@H]21. The summed E-state index contributed by atoms with van der Waals surface area (Å²) in [5, 5.41) is 0.494. The summed E-state index contributed by atoms with van der Waals surface area (Å²) in [5.74, 6) is 0.570. The number of likely N-dealkylation sites (tertiary alicyclic amines) is 2. The predicted molar refractivity (Wildman–Crippen MR) is 93.9 cm³/mol. The summed E-state index contributed by atoms with van der Waals surface area (Å²) in [4.78, 5) is 28.9. The first-order chi connectivity index (χ1) is 11.6. The van der Waals surface area contributed by atoms with E-state index in [1.165, 1.54) is 0 Å².